The van der Waals surface area contributed by atoms with Crippen LogP contribution in [0.3, 0.4) is 0 Å². The molecule has 5 nitrogen and oxygen atoms in total. The van der Waals surface area contributed by atoms with Crippen LogP contribution in [0.15, 0.2) is 12.4 Å². The van der Waals surface area contributed by atoms with Gasteiger partial charge in [0.2, 0.25) is 5.91 Å². The number of amides is 1. The fourth-order valence-corrected chi connectivity index (χ4v) is 2.47. The third-order valence-corrected chi connectivity index (χ3v) is 3.39. The molecule has 1 fully saturated rings. The minimum Gasteiger partial charge on any atom is -0.349 e. The third-order valence-electron chi connectivity index (χ3n) is 3.39. The second kappa shape index (κ2) is 4.87. The molecule has 2 rings (SSSR count). The number of nitrogens with one attached hydrogen (secondary N) is 1. The van der Waals surface area contributed by atoms with Crippen molar-refractivity contribution in [1.29, 1.82) is 0 Å². The summed E-state index contributed by atoms with van der Waals surface area (Å²) in [5.41, 5.74) is 1.15. The topological polar surface area (TPSA) is 50.2 Å². The number of carbonyl (C=O) groups is 1. The Morgan fingerprint density at radius 3 is 2.94 bits per heavy atom. The van der Waals surface area contributed by atoms with Gasteiger partial charge in [0.1, 0.15) is 0 Å². The van der Waals surface area contributed by atoms with E-state index in [1.165, 1.54) is 0 Å². The van der Waals surface area contributed by atoms with Gasteiger partial charge in [0.25, 0.3) is 0 Å². The van der Waals surface area contributed by atoms with Crippen molar-refractivity contribution in [3.63, 3.8) is 0 Å². The Labute approximate surface area is 102 Å². The minimum absolute atomic E-state index is 0.0791. The first-order valence-corrected chi connectivity index (χ1v) is 6.00. The van der Waals surface area contributed by atoms with Crippen LogP contribution in [0.1, 0.15) is 17.9 Å². The lowest BCUT2D eigenvalue weighted by Crippen LogP contribution is -2.42. The van der Waals surface area contributed by atoms with Gasteiger partial charge in [0.15, 0.2) is 0 Å². The molecule has 0 saturated carbocycles. The van der Waals surface area contributed by atoms with E-state index < -0.39 is 0 Å². The largest absolute Gasteiger partial charge is 0.349 e. The summed E-state index contributed by atoms with van der Waals surface area (Å²) in [6.45, 7) is 1.77. The van der Waals surface area contributed by atoms with Gasteiger partial charge >= 0.3 is 0 Å². The molecule has 0 aliphatic carbocycles. The molecule has 94 valence electrons. The van der Waals surface area contributed by atoms with Gasteiger partial charge in [0.05, 0.1) is 6.20 Å². The summed E-state index contributed by atoms with van der Waals surface area (Å²) in [7, 11) is 5.55. The summed E-state index contributed by atoms with van der Waals surface area (Å²) >= 11 is 0. The molecular weight excluding hydrogens is 216 g/mol. The first kappa shape index (κ1) is 12.1. The van der Waals surface area contributed by atoms with E-state index >= 15 is 0 Å². The van der Waals surface area contributed by atoms with Gasteiger partial charge in [-0.1, -0.05) is 0 Å². The highest BCUT2D eigenvalue weighted by molar-refractivity contribution is 5.79. The molecule has 1 amide bonds. The molecule has 5 heteroatoms. The highest BCUT2D eigenvalue weighted by Crippen LogP contribution is 2.30. The van der Waals surface area contributed by atoms with Gasteiger partial charge in [-0.15, -0.1) is 0 Å². The lowest BCUT2D eigenvalue weighted by atomic mass is 9.82. The maximum atomic E-state index is 12.2. The molecule has 2 atom stereocenters. The molecule has 17 heavy (non-hydrogen) atoms. The number of carbonyl (C=O) groups excluding carboxylic acids is 1. The molecular formula is C12H20N4O. The zero-order valence-corrected chi connectivity index (χ0v) is 10.7. The van der Waals surface area contributed by atoms with Gasteiger partial charge < -0.3 is 10.2 Å². The number of nitrogens with zero attached hydrogens (tertiary/aromatic N) is 3. The highest BCUT2D eigenvalue weighted by atomic mass is 16.2. The molecule has 1 aromatic rings. The minimum atomic E-state index is 0.0791. The number of rotatable bonds is 2. The quantitative estimate of drug-likeness (QED) is 0.798. The number of hydrogen-bond acceptors (Lipinski definition) is 3. The van der Waals surface area contributed by atoms with Gasteiger partial charge in [0, 0.05) is 45.7 Å². The van der Waals surface area contributed by atoms with Crippen LogP contribution in [-0.4, -0.2) is 47.8 Å². The predicted molar refractivity (Wildman–Crippen MR) is 65.6 cm³/mol. The molecule has 0 radical (unpaired) electrons. The number of aryl methyl sites for hydroxylation is 1. The second-order valence-electron chi connectivity index (χ2n) is 4.89. The van der Waals surface area contributed by atoms with E-state index in [0.717, 1.165) is 25.1 Å². The molecule has 1 aliphatic heterocycles. The van der Waals surface area contributed by atoms with Crippen molar-refractivity contribution in [2.75, 3.05) is 27.2 Å². The van der Waals surface area contributed by atoms with E-state index in [1.807, 2.05) is 33.5 Å². The van der Waals surface area contributed by atoms with Crippen LogP contribution >= 0.6 is 0 Å². The monoisotopic (exact) mass is 236 g/mol. The maximum absolute atomic E-state index is 12.2. The van der Waals surface area contributed by atoms with Crippen LogP contribution in [0.4, 0.5) is 0 Å². The Morgan fingerprint density at radius 1 is 1.59 bits per heavy atom. The summed E-state index contributed by atoms with van der Waals surface area (Å²) in [5, 5.41) is 7.55. The van der Waals surface area contributed by atoms with E-state index in [4.69, 9.17) is 0 Å². The molecule has 1 aromatic heterocycles. The summed E-state index contributed by atoms with van der Waals surface area (Å²) in [5.74, 6) is 0.545. The van der Waals surface area contributed by atoms with Crippen molar-refractivity contribution in [1.82, 2.24) is 20.0 Å². The zero-order valence-electron chi connectivity index (χ0n) is 10.7. The van der Waals surface area contributed by atoms with Crippen LogP contribution in [0, 0.1) is 5.92 Å². The van der Waals surface area contributed by atoms with Crippen LogP contribution in [0.5, 0.6) is 0 Å². The first-order chi connectivity index (χ1) is 8.09. The molecule has 0 spiro atoms. The average Bonchev–Trinajstić information content (AvgIpc) is 2.74. The van der Waals surface area contributed by atoms with Crippen molar-refractivity contribution in [2.24, 2.45) is 13.0 Å². The molecule has 1 aliphatic rings. The molecule has 0 aromatic carbocycles. The van der Waals surface area contributed by atoms with E-state index in [0.29, 0.717) is 0 Å². The van der Waals surface area contributed by atoms with Crippen LogP contribution < -0.4 is 5.32 Å². The second-order valence-corrected chi connectivity index (χ2v) is 4.89. The van der Waals surface area contributed by atoms with Crippen molar-refractivity contribution in [3.8, 4) is 0 Å². The fraction of sp³-hybridized carbons (Fsp3) is 0.667. The van der Waals surface area contributed by atoms with Crippen LogP contribution in [-0.2, 0) is 11.8 Å². The van der Waals surface area contributed by atoms with Gasteiger partial charge in [-0.2, -0.15) is 5.10 Å². The van der Waals surface area contributed by atoms with Crippen LogP contribution in [0.25, 0.3) is 0 Å². The van der Waals surface area contributed by atoms with E-state index in [1.54, 1.807) is 9.58 Å². The van der Waals surface area contributed by atoms with E-state index in [2.05, 4.69) is 10.4 Å². The first-order valence-electron chi connectivity index (χ1n) is 6.00. The maximum Gasteiger partial charge on any atom is 0.225 e. The SMILES string of the molecule is CN(C)C(=O)[C@H]1CCNC[C@H]1c1cnn(C)c1. The summed E-state index contributed by atoms with van der Waals surface area (Å²) in [4.78, 5) is 13.9. The van der Waals surface area contributed by atoms with Crippen LogP contribution in [0.2, 0.25) is 0 Å². The zero-order chi connectivity index (χ0) is 12.4. The summed E-state index contributed by atoms with van der Waals surface area (Å²) in [6, 6.07) is 0. The molecule has 1 saturated heterocycles. The number of piperidine rings is 1. The summed E-state index contributed by atoms with van der Waals surface area (Å²) < 4.78 is 1.79. The Hall–Kier alpha value is -1.36. The average molecular weight is 236 g/mol. The van der Waals surface area contributed by atoms with Gasteiger partial charge in [-0.3, -0.25) is 9.48 Å². The Balaban J connectivity index is 2.20. The molecule has 1 N–H and O–H groups in total. The van der Waals surface area contributed by atoms with Crippen molar-refractivity contribution >= 4 is 5.91 Å². The normalized spacial score (nSPS) is 24.6. The Morgan fingerprint density at radius 2 is 2.35 bits per heavy atom. The number of aromatic nitrogens is 2. The number of hydrogen-bond donors (Lipinski definition) is 1. The van der Waals surface area contributed by atoms with Crippen molar-refractivity contribution in [2.45, 2.75) is 12.3 Å². The molecule has 0 bridgehead atoms. The fourth-order valence-electron chi connectivity index (χ4n) is 2.47. The Bertz CT molecular complexity index is 399. The van der Waals surface area contributed by atoms with Crippen molar-refractivity contribution in [3.05, 3.63) is 18.0 Å². The lowest BCUT2D eigenvalue weighted by molar-refractivity contribution is -0.134. The highest BCUT2D eigenvalue weighted by Gasteiger charge is 2.33. The smallest absolute Gasteiger partial charge is 0.225 e. The van der Waals surface area contributed by atoms with E-state index in [9.17, 15) is 4.79 Å². The predicted octanol–water partition coefficient (Wildman–Crippen LogP) is 0.201. The Kier molecular flexibility index (Phi) is 3.47. The lowest BCUT2D eigenvalue weighted by Gasteiger charge is -2.32. The van der Waals surface area contributed by atoms with Gasteiger partial charge in [-0.05, 0) is 18.5 Å². The van der Waals surface area contributed by atoms with Gasteiger partial charge in [-0.25, -0.2) is 0 Å². The standard InChI is InChI=1S/C12H20N4O/c1-15(2)12(17)10-4-5-13-7-11(10)9-6-14-16(3)8-9/h6,8,10-11,13H,4-5,7H2,1-3H3/t10-,11-/m0/s1. The summed E-state index contributed by atoms with van der Waals surface area (Å²) in [6.07, 6.45) is 4.78. The van der Waals surface area contributed by atoms with E-state index in [-0.39, 0.29) is 17.7 Å². The third kappa shape index (κ3) is 2.49. The molecule has 2 heterocycles. The van der Waals surface area contributed by atoms with Crippen molar-refractivity contribution < 1.29 is 4.79 Å². The molecule has 0 unspecified atom stereocenters.